The molecule has 0 rings (SSSR count). The number of nitrogens with zero attached hydrogens (tertiary/aromatic N) is 1. The standard InChI is InChI=1S/C9H17N3O2/c1-8(2,3)14-7(13)12-6-9(4,11)5-10/h6,11H2,1-4H3,(H,12,13). The number of carbonyl (C=O) groups excluding carboxylic acids is 1. The molecule has 0 aromatic heterocycles. The smallest absolute Gasteiger partial charge is 0.407 e. The molecule has 0 aliphatic carbocycles. The van der Waals surface area contributed by atoms with Gasteiger partial charge in [0.1, 0.15) is 11.1 Å². The molecule has 0 heterocycles. The molecule has 0 saturated heterocycles. The number of rotatable bonds is 2. The SMILES string of the molecule is CC(N)(C#N)CNC(=O)OC(C)(C)C. The second kappa shape index (κ2) is 4.29. The summed E-state index contributed by atoms with van der Waals surface area (Å²) in [5.74, 6) is 0. The quantitative estimate of drug-likeness (QED) is 0.687. The minimum Gasteiger partial charge on any atom is -0.444 e. The van der Waals surface area contributed by atoms with E-state index in [9.17, 15) is 4.79 Å². The van der Waals surface area contributed by atoms with Gasteiger partial charge < -0.3 is 15.8 Å². The topological polar surface area (TPSA) is 88.1 Å². The van der Waals surface area contributed by atoms with Crippen LogP contribution in [0.5, 0.6) is 0 Å². The van der Waals surface area contributed by atoms with Gasteiger partial charge >= 0.3 is 6.09 Å². The van der Waals surface area contributed by atoms with Gasteiger partial charge in [-0.2, -0.15) is 5.26 Å². The zero-order valence-corrected chi connectivity index (χ0v) is 9.05. The summed E-state index contributed by atoms with van der Waals surface area (Å²) in [7, 11) is 0. The number of alkyl carbamates (subject to hydrolysis) is 1. The Bertz CT molecular complexity index is 248. The summed E-state index contributed by atoms with van der Waals surface area (Å²) >= 11 is 0. The minimum absolute atomic E-state index is 0.0679. The van der Waals surface area contributed by atoms with E-state index in [1.807, 2.05) is 6.07 Å². The molecule has 5 nitrogen and oxygen atoms in total. The Hall–Kier alpha value is -1.28. The molecule has 0 aromatic rings. The first-order valence-corrected chi connectivity index (χ1v) is 4.33. The molecule has 1 atom stereocenters. The third kappa shape index (κ3) is 6.26. The van der Waals surface area contributed by atoms with Gasteiger partial charge in [0.2, 0.25) is 0 Å². The molecule has 0 fully saturated rings. The molecule has 0 saturated carbocycles. The summed E-state index contributed by atoms with van der Waals surface area (Å²) in [5, 5.41) is 11.0. The van der Waals surface area contributed by atoms with Crippen molar-refractivity contribution in [2.75, 3.05) is 6.54 Å². The molecule has 80 valence electrons. The van der Waals surface area contributed by atoms with E-state index < -0.39 is 17.2 Å². The van der Waals surface area contributed by atoms with Gasteiger partial charge in [-0.3, -0.25) is 0 Å². The number of hydrogen-bond acceptors (Lipinski definition) is 4. The summed E-state index contributed by atoms with van der Waals surface area (Å²) in [6, 6.07) is 1.87. The lowest BCUT2D eigenvalue weighted by Crippen LogP contribution is -2.47. The third-order valence-corrected chi connectivity index (χ3v) is 1.25. The zero-order valence-electron chi connectivity index (χ0n) is 9.05. The summed E-state index contributed by atoms with van der Waals surface area (Å²) in [6.45, 7) is 6.89. The van der Waals surface area contributed by atoms with E-state index in [1.165, 1.54) is 6.92 Å². The van der Waals surface area contributed by atoms with Gasteiger partial charge in [-0.25, -0.2) is 4.79 Å². The fourth-order valence-electron chi connectivity index (χ4n) is 0.609. The molecule has 0 aliphatic heterocycles. The Kier molecular flexibility index (Phi) is 3.90. The van der Waals surface area contributed by atoms with Gasteiger partial charge in [0, 0.05) is 0 Å². The van der Waals surface area contributed by atoms with Crippen LogP contribution in [0.15, 0.2) is 0 Å². The number of amides is 1. The lowest BCUT2D eigenvalue weighted by molar-refractivity contribution is 0.0521. The molecule has 1 amide bonds. The fourth-order valence-corrected chi connectivity index (χ4v) is 0.609. The molecule has 0 radical (unpaired) electrons. The number of hydrogen-bond donors (Lipinski definition) is 2. The van der Waals surface area contributed by atoms with Crippen molar-refractivity contribution in [1.82, 2.24) is 5.32 Å². The van der Waals surface area contributed by atoms with Gasteiger partial charge in [-0.05, 0) is 27.7 Å². The summed E-state index contributed by atoms with van der Waals surface area (Å²) in [6.07, 6.45) is -0.565. The summed E-state index contributed by atoms with van der Waals surface area (Å²) in [4.78, 5) is 11.1. The average molecular weight is 199 g/mol. The van der Waals surface area contributed by atoms with Crippen LogP contribution in [0.4, 0.5) is 4.79 Å². The molecule has 0 spiro atoms. The number of carbonyl (C=O) groups is 1. The van der Waals surface area contributed by atoms with E-state index in [1.54, 1.807) is 20.8 Å². The highest BCUT2D eigenvalue weighted by atomic mass is 16.6. The Labute approximate surface area is 84.2 Å². The van der Waals surface area contributed by atoms with Crippen LogP contribution in [0.2, 0.25) is 0 Å². The predicted molar refractivity (Wildman–Crippen MR) is 52.4 cm³/mol. The van der Waals surface area contributed by atoms with Crippen molar-refractivity contribution in [3.8, 4) is 6.07 Å². The molecule has 3 N–H and O–H groups in total. The van der Waals surface area contributed by atoms with E-state index in [0.717, 1.165) is 0 Å². The maximum Gasteiger partial charge on any atom is 0.407 e. The first kappa shape index (κ1) is 12.7. The van der Waals surface area contributed by atoms with Crippen LogP contribution in [-0.4, -0.2) is 23.8 Å². The molecular weight excluding hydrogens is 182 g/mol. The monoisotopic (exact) mass is 199 g/mol. The molecular formula is C9H17N3O2. The van der Waals surface area contributed by atoms with E-state index in [4.69, 9.17) is 15.7 Å². The van der Waals surface area contributed by atoms with Crippen LogP contribution in [0.1, 0.15) is 27.7 Å². The van der Waals surface area contributed by atoms with Crippen LogP contribution in [-0.2, 0) is 4.74 Å². The van der Waals surface area contributed by atoms with E-state index in [2.05, 4.69) is 5.32 Å². The number of ether oxygens (including phenoxy) is 1. The van der Waals surface area contributed by atoms with Crippen LogP contribution >= 0.6 is 0 Å². The van der Waals surface area contributed by atoms with Crippen LogP contribution in [0.3, 0.4) is 0 Å². The second-order valence-electron chi connectivity index (χ2n) is 4.38. The highest BCUT2D eigenvalue weighted by Gasteiger charge is 2.21. The molecule has 0 aliphatic rings. The number of nitrogens with two attached hydrogens (primary N) is 1. The van der Waals surface area contributed by atoms with Crippen molar-refractivity contribution in [3.63, 3.8) is 0 Å². The van der Waals surface area contributed by atoms with Gasteiger partial charge in [-0.1, -0.05) is 0 Å². The molecule has 0 aromatic carbocycles. The zero-order chi connectivity index (χ0) is 11.4. The Morgan fingerprint density at radius 2 is 2.00 bits per heavy atom. The maximum atomic E-state index is 11.1. The lowest BCUT2D eigenvalue weighted by atomic mass is 10.1. The Morgan fingerprint density at radius 1 is 1.50 bits per heavy atom. The minimum atomic E-state index is -1.06. The van der Waals surface area contributed by atoms with Crippen molar-refractivity contribution in [3.05, 3.63) is 0 Å². The molecule has 1 unspecified atom stereocenters. The van der Waals surface area contributed by atoms with E-state index >= 15 is 0 Å². The van der Waals surface area contributed by atoms with Gasteiger partial charge in [0.25, 0.3) is 0 Å². The fraction of sp³-hybridized carbons (Fsp3) is 0.778. The van der Waals surface area contributed by atoms with Crippen LogP contribution in [0, 0.1) is 11.3 Å². The van der Waals surface area contributed by atoms with E-state index in [-0.39, 0.29) is 6.54 Å². The normalized spacial score (nSPS) is 15.1. The third-order valence-electron chi connectivity index (χ3n) is 1.25. The highest BCUT2D eigenvalue weighted by molar-refractivity contribution is 5.67. The summed E-state index contributed by atoms with van der Waals surface area (Å²) in [5.41, 5.74) is 3.90. The van der Waals surface area contributed by atoms with Crippen molar-refractivity contribution in [2.45, 2.75) is 38.8 Å². The molecule has 5 heteroatoms. The second-order valence-corrected chi connectivity index (χ2v) is 4.38. The Morgan fingerprint density at radius 3 is 2.36 bits per heavy atom. The van der Waals surface area contributed by atoms with Gasteiger partial charge in [0.15, 0.2) is 0 Å². The van der Waals surface area contributed by atoms with Crippen LogP contribution < -0.4 is 11.1 Å². The number of nitriles is 1. The van der Waals surface area contributed by atoms with Gasteiger partial charge in [-0.15, -0.1) is 0 Å². The Balaban J connectivity index is 3.95. The summed E-state index contributed by atoms with van der Waals surface area (Å²) < 4.78 is 4.96. The molecule has 14 heavy (non-hydrogen) atoms. The van der Waals surface area contributed by atoms with Crippen molar-refractivity contribution in [1.29, 1.82) is 5.26 Å². The lowest BCUT2D eigenvalue weighted by Gasteiger charge is -2.21. The maximum absolute atomic E-state index is 11.1. The van der Waals surface area contributed by atoms with Crippen LogP contribution in [0.25, 0.3) is 0 Å². The highest BCUT2D eigenvalue weighted by Crippen LogP contribution is 2.06. The van der Waals surface area contributed by atoms with Gasteiger partial charge in [0.05, 0.1) is 12.6 Å². The predicted octanol–water partition coefficient (Wildman–Crippen LogP) is 0.752. The molecule has 0 bridgehead atoms. The number of nitrogens with one attached hydrogen (secondary N) is 1. The van der Waals surface area contributed by atoms with Crippen molar-refractivity contribution < 1.29 is 9.53 Å². The van der Waals surface area contributed by atoms with E-state index in [0.29, 0.717) is 0 Å². The first-order chi connectivity index (χ1) is 6.16. The van der Waals surface area contributed by atoms with Crippen molar-refractivity contribution in [2.24, 2.45) is 5.73 Å². The largest absolute Gasteiger partial charge is 0.444 e. The average Bonchev–Trinajstić information content (AvgIpc) is 1.98. The van der Waals surface area contributed by atoms with Crippen molar-refractivity contribution >= 4 is 6.09 Å². The first-order valence-electron chi connectivity index (χ1n) is 4.33.